The average Bonchev–Trinajstić information content (AvgIpc) is 2.59. The number of thiocarbonyl (C=S) groups is 1. The number of hydrazine groups is 1. The summed E-state index contributed by atoms with van der Waals surface area (Å²) in [4.78, 5) is 23.6. The third-order valence-corrected chi connectivity index (χ3v) is 3.85. The second kappa shape index (κ2) is 9.09. The Labute approximate surface area is 140 Å². The monoisotopic (exact) mass is 335 g/mol. The Morgan fingerprint density at radius 3 is 2.48 bits per heavy atom. The highest BCUT2D eigenvalue weighted by Gasteiger charge is 2.21. The molecule has 0 aromatic heterocycles. The Morgan fingerprint density at radius 1 is 1.09 bits per heavy atom. The lowest BCUT2D eigenvalue weighted by atomic mass is 9.89. The molecule has 0 atom stereocenters. The van der Waals surface area contributed by atoms with Gasteiger partial charge in [0.15, 0.2) is 11.7 Å². The molecule has 0 unspecified atom stereocenters. The lowest BCUT2D eigenvalue weighted by Gasteiger charge is -2.21. The fourth-order valence-electron chi connectivity index (χ4n) is 2.44. The average molecular weight is 335 g/mol. The van der Waals surface area contributed by atoms with E-state index < -0.39 is 5.91 Å². The molecule has 6 nitrogen and oxygen atoms in total. The van der Waals surface area contributed by atoms with Crippen LogP contribution >= 0.6 is 12.2 Å². The second-order valence-electron chi connectivity index (χ2n) is 5.43. The van der Waals surface area contributed by atoms with Crippen LogP contribution in [0.15, 0.2) is 30.3 Å². The fraction of sp³-hybridized carbons (Fsp3) is 0.438. The lowest BCUT2D eigenvalue weighted by molar-refractivity contribution is -0.126. The summed E-state index contributed by atoms with van der Waals surface area (Å²) in [6.45, 7) is -0.150. The minimum absolute atomic E-state index is 0.0242. The highest BCUT2D eigenvalue weighted by atomic mass is 32.1. The molecule has 3 N–H and O–H groups in total. The molecule has 0 heterocycles. The Hall–Kier alpha value is -2.15. The minimum Gasteiger partial charge on any atom is -0.484 e. The van der Waals surface area contributed by atoms with Crippen LogP contribution in [0, 0.1) is 5.92 Å². The number of carbonyl (C=O) groups excluding carboxylic acids is 2. The highest BCUT2D eigenvalue weighted by molar-refractivity contribution is 7.80. The van der Waals surface area contributed by atoms with E-state index in [4.69, 9.17) is 17.0 Å². The van der Waals surface area contributed by atoms with Gasteiger partial charge in [-0.25, -0.2) is 0 Å². The highest BCUT2D eigenvalue weighted by Crippen LogP contribution is 2.23. The molecule has 124 valence electrons. The van der Waals surface area contributed by atoms with Crippen molar-refractivity contribution in [2.24, 2.45) is 5.92 Å². The van der Waals surface area contributed by atoms with Crippen LogP contribution in [-0.4, -0.2) is 23.5 Å². The summed E-state index contributed by atoms with van der Waals surface area (Å²) in [5.41, 5.74) is 5.10. The van der Waals surface area contributed by atoms with Crippen molar-refractivity contribution in [3.63, 3.8) is 0 Å². The number of hydrogen-bond donors (Lipinski definition) is 3. The molecule has 1 aliphatic carbocycles. The maximum atomic E-state index is 11.9. The summed E-state index contributed by atoms with van der Waals surface area (Å²) in [6.07, 6.45) is 5.15. The number of para-hydroxylation sites is 1. The van der Waals surface area contributed by atoms with Crippen molar-refractivity contribution in [2.75, 3.05) is 6.61 Å². The third-order valence-electron chi connectivity index (χ3n) is 3.64. The summed E-state index contributed by atoms with van der Waals surface area (Å²) in [7, 11) is 0. The van der Waals surface area contributed by atoms with Gasteiger partial charge in [-0.3, -0.25) is 25.8 Å². The molecule has 1 saturated carbocycles. The second-order valence-corrected chi connectivity index (χ2v) is 5.84. The largest absolute Gasteiger partial charge is 0.484 e. The van der Waals surface area contributed by atoms with Crippen LogP contribution in [0.5, 0.6) is 5.75 Å². The summed E-state index contributed by atoms with van der Waals surface area (Å²) in [5.74, 6) is 0.156. The normalized spacial score (nSPS) is 14.6. The molecule has 1 fully saturated rings. The van der Waals surface area contributed by atoms with Gasteiger partial charge in [0.2, 0.25) is 5.91 Å². The van der Waals surface area contributed by atoms with Crippen LogP contribution in [0.4, 0.5) is 0 Å². The van der Waals surface area contributed by atoms with Crippen LogP contribution in [-0.2, 0) is 9.59 Å². The van der Waals surface area contributed by atoms with Gasteiger partial charge in [0.05, 0.1) is 0 Å². The van der Waals surface area contributed by atoms with Gasteiger partial charge in [-0.05, 0) is 37.2 Å². The van der Waals surface area contributed by atoms with Gasteiger partial charge in [-0.2, -0.15) is 0 Å². The van der Waals surface area contributed by atoms with Crippen LogP contribution in [0.1, 0.15) is 32.1 Å². The van der Waals surface area contributed by atoms with Gasteiger partial charge in [0, 0.05) is 5.92 Å². The van der Waals surface area contributed by atoms with Crippen LogP contribution in [0.3, 0.4) is 0 Å². The molecule has 0 saturated heterocycles. The SMILES string of the molecule is O=C(COc1ccccc1)NC(=S)NNC(=O)C1CCCCC1. The zero-order chi connectivity index (χ0) is 16.5. The number of hydrogen-bond acceptors (Lipinski definition) is 4. The maximum absolute atomic E-state index is 11.9. The smallest absolute Gasteiger partial charge is 0.264 e. The van der Waals surface area contributed by atoms with Crippen molar-refractivity contribution in [2.45, 2.75) is 32.1 Å². The zero-order valence-corrected chi connectivity index (χ0v) is 13.7. The van der Waals surface area contributed by atoms with E-state index in [9.17, 15) is 9.59 Å². The van der Waals surface area contributed by atoms with Crippen LogP contribution < -0.4 is 20.9 Å². The molecule has 0 radical (unpaired) electrons. The molecule has 23 heavy (non-hydrogen) atoms. The van der Waals surface area contributed by atoms with Crippen molar-refractivity contribution in [3.8, 4) is 5.75 Å². The number of rotatable bonds is 4. The topological polar surface area (TPSA) is 79.5 Å². The number of benzene rings is 1. The first-order chi connectivity index (χ1) is 11.1. The van der Waals surface area contributed by atoms with Crippen molar-refractivity contribution < 1.29 is 14.3 Å². The molecule has 2 amide bonds. The molecule has 1 aromatic carbocycles. The lowest BCUT2D eigenvalue weighted by Crippen LogP contribution is -2.51. The first kappa shape index (κ1) is 17.2. The molecule has 7 heteroatoms. The Morgan fingerprint density at radius 2 is 1.78 bits per heavy atom. The Kier molecular flexibility index (Phi) is 6.80. The van der Waals surface area contributed by atoms with Crippen molar-refractivity contribution in [1.29, 1.82) is 0 Å². The summed E-state index contributed by atoms with van der Waals surface area (Å²) in [5, 5.41) is 2.50. The van der Waals surface area contributed by atoms with Gasteiger partial charge in [-0.15, -0.1) is 0 Å². The molecule has 0 spiro atoms. The first-order valence-corrected chi connectivity index (χ1v) is 8.13. The molecule has 1 aliphatic rings. The molecular weight excluding hydrogens is 314 g/mol. The predicted molar refractivity (Wildman–Crippen MR) is 90.5 cm³/mol. The number of amides is 2. The summed E-state index contributed by atoms with van der Waals surface area (Å²) in [6, 6.07) is 9.02. The van der Waals surface area contributed by atoms with E-state index in [2.05, 4.69) is 16.2 Å². The minimum atomic E-state index is -0.390. The van der Waals surface area contributed by atoms with Gasteiger partial charge in [0.1, 0.15) is 5.75 Å². The molecule has 0 aliphatic heterocycles. The van der Waals surface area contributed by atoms with E-state index in [1.807, 2.05) is 18.2 Å². The molecular formula is C16H21N3O3S. The summed E-state index contributed by atoms with van der Waals surface area (Å²) >= 11 is 4.97. The van der Waals surface area contributed by atoms with E-state index in [1.165, 1.54) is 6.42 Å². The van der Waals surface area contributed by atoms with E-state index in [1.54, 1.807) is 12.1 Å². The van der Waals surface area contributed by atoms with Crippen molar-refractivity contribution in [3.05, 3.63) is 30.3 Å². The van der Waals surface area contributed by atoms with Gasteiger partial charge < -0.3 is 4.74 Å². The number of carbonyl (C=O) groups is 2. The van der Waals surface area contributed by atoms with E-state index in [0.29, 0.717) is 5.75 Å². The number of ether oxygens (including phenoxy) is 1. The fourth-order valence-corrected chi connectivity index (χ4v) is 2.61. The third kappa shape index (κ3) is 6.23. The predicted octanol–water partition coefficient (Wildman–Crippen LogP) is 1.67. The zero-order valence-electron chi connectivity index (χ0n) is 12.8. The quantitative estimate of drug-likeness (QED) is 0.576. The van der Waals surface area contributed by atoms with E-state index >= 15 is 0 Å². The Balaban J connectivity index is 1.63. The molecule has 1 aromatic rings. The van der Waals surface area contributed by atoms with E-state index in [0.717, 1.165) is 25.7 Å². The van der Waals surface area contributed by atoms with Gasteiger partial charge in [-0.1, -0.05) is 37.5 Å². The Bertz CT molecular complexity index is 545. The summed E-state index contributed by atoms with van der Waals surface area (Å²) < 4.78 is 5.30. The molecule has 2 rings (SSSR count). The first-order valence-electron chi connectivity index (χ1n) is 7.72. The van der Waals surface area contributed by atoms with Crippen molar-refractivity contribution in [1.82, 2.24) is 16.2 Å². The van der Waals surface area contributed by atoms with Crippen LogP contribution in [0.2, 0.25) is 0 Å². The van der Waals surface area contributed by atoms with Crippen molar-refractivity contribution >= 4 is 29.1 Å². The van der Waals surface area contributed by atoms with Gasteiger partial charge in [0.25, 0.3) is 5.91 Å². The van der Waals surface area contributed by atoms with Crippen LogP contribution in [0.25, 0.3) is 0 Å². The van der Waals surface area contributed by atoms with E-state index in [-0.39, 0.29) is 23.5 Å². The maximum Gasteiger partial charge on any atom is 0.264 e. The number of nitrogens with one attached hydrogen (secondary N) is 3. The van der Waals surface area contributed by atoms with Gasteiger partial charge >= 0.3 is 0 Å². The molecule has 0 bridgehead atoms. The standard InChI is InChI=1S/C16H21N3O3S/c20-14(11-22-13-9-5-2-6-10-13)17-16(23)19-18-15(21)12-7-3-1-4-8-12/h2,5-6,9-10,12H,1,3-4,7-8,11H2,(H,18,21)(H2,17,19,20,23).